The van der Waals surface area contributed by atoms with E-state index >= 15 is 51.9 Å². The van der Waals surface area contributed by atoms with E-state index in [1.807, 2.05) is 0 Å². The van der Waals surface area contributed by atoms with Gasteiger partial charge >= 0.3 is 5.97 Å². The van der Waals surface area contributed by atoms with E-state index in [0.29, 0.717) is 69.9 Å². The van der Waals surface area contributed by atoms with Gasteiger partial charge in [0, 0.05) is 116 Å². The monoisotopic (exact) mass is 1880 g/mol. The van der Waals surface area contributed by atoms with E-state index in [9.17, 15) is 58.1 Å². The molecule has 134 heavy (non-hydrogen) atoms. The number of carbonyl (C=O) groups is 17. The molecule has 38 nitrogen and oxygen atoms in total. The van der Waals surface area contributed by atoms with Crippen molar-refractivity contribution in [3.63, 3.8) is 0 Å². The predicted molar refractivity (Wildman–Crippen MR) is 479 cm³/mol. The van der Waals surface area contributed by atoms with Crippen molar-refractivity contribution >= 4 is 124 Å². The highest BCUT2D eigenvalue weighted by molar-refractivity contribution is 8.00. The molecule has 15 amide bonds. The summed E-state index contributed by atoms with van der Waals surface area (Å²) in [5.74, 6) is -24.5. The van der Waals surface area contributed by atoms with Crippen molar-refractivity contribution in [1.29, 1.82) is 0 Å². The van der Waals surface area contributed by atoms with Crippen molar-refractivity contribution in [2.75, 3.05) is 72.6 Å². The largest absolute Gasteiger partial charge is 0.508 e. The van der Waals surface area contributed by atoms with Crippen molar-refractivity contribution in [1.82, 2.24) is 77.3 Å². The molecule has 0 spiro atoms. The molecule has 5 aromatic carbocycles. The van der Waals surface area contributed by atoms with E-state index in [-0.39, 0.29) is 75.9 Å². The summed E-state index contributed by atoms with van der Waals surface area (Å²) in [5, 5.41) is 55.7. The van der Waals surface area contributed by atoms with Crippen LogP contribution in [0, 0.1) is 23.4 Å². The van der Waals surface area contributed by atoms with Crippen molar-refractivity contribution in [3.8, 4) is 5.75 Å². The lowest BCUT2D eigenvalue weighted by molar-refractivity contribution is -0.152. The number of nitrogens with zero attached hydrogens (tertiary/aromatic N) is 5. The molecule has 0 unspecified atom stereocenters. The summed E-state index contributed by atoms with van der Waals surface area (Å²) in [4.78, 5) is 257. The number of carboxylic acids is 1. The number of methoxy groups -OCH3 is 1. The third-order valence-corrected chi connectivity index (χ3v) is 24.6. The van der Waals surface area contributed by atoms with E-state index in [2.05, 4.69) is 52.8 Å². The number of rotatable bonds is 26. The van der Waals surface area contributed by atoms with Gasteiger partial charge in [0.05, 0.1) is 18.4 Å². The number of likely N-dealkylation sites (N-methyl/N-ethyl adjacent to an activating group) is 3. The number of carboxylic acid groups (broad SMARTS) is 1. The lowest BCUT2D eigenvalue weighted by Crippen LogP contribution is -2.62. The van der Waals surface area contributed by atoms with Gasteiger partial charge in [-0.1, -0.05) is 125 Å². The van der Waals surface area contributed by atoms with Gasteiger partial charge in [-0.15, -0.1) is 11.8 Å². The summed E-state index contributed by atoms with van der Waals surface area (Å²) in [5.41, 5.74) is 7.24. The van der Waals surface area contributed by atoms with Crippen molar-refractivity contribution < 1.29 is 119 Å². The number of ether oxygens (including phenoxy) is 2. The van der Waals surface area contributed by atoms with Crippen LogP contribution in [0.4, 0.5) is 13.2 Å². The molecule has 0 aliphatic carbocycles. The second-order valence-corrected chi connectivity index (χ2v) is 34.6. The molecule has 4 heterocycles. The number of hydrogen-bond donors (Lipinski definition) is 14. The number of amides is 15. The highest BCUT2D eigenvalue weighted by Crippen LogP contribution is 2.29. The first-order chi connectivity index (χ1) is 63.9. The number of H-pyrrole nitrogens is 1. The normalized spacial score (nSPS) is 24.0. The Labute approximate surface area is 774 Å². The van der Waals surface area contributed by atoms with Crippen LogP contribution in [-0.4, -0.2) is 303 Å². The number of nitrogens with one attached hydrogen (secondary N) is 10. The van der Waals surface area contributed by atoms with Crippen molar-refractivity contribution in [2.45, 2.75) is 195 Å². The van der Waals surface area contributed by atoms with Gasteiger partial charge in [-0.3, -0.25) is 81.5 Å². The summed E-state index contributed by atoms with van der Waals surface area (Å²) < 4.78 is 55.5. The van der Waals surface area contributed by atoms with Gasteiger partial charge in [-0.2, -0.15) is 0 Å². The maximum absolute atomic E-state index is 15.7. The van der Waals surface area contributed by atoms with Crippen LogP contribution in [0.15, 0.2) is 128 Å². The first-order valence-electron chi connectivity index (χ1n) is 43.9. The lowest BCUT2D eigenvalue weighted by Gasteiger charge is -2.38. The smallest absolute Gasteiger partial charge is 0.303 e. The number of thioether (sulfide) groups is 1. The lowest BCUT2D eigenvalue weighted by atomic mass is 9.98. The Morgan fingerprint density at radius 1 is 0.582 bits per heavy atom. The summed E-state index contributed by atoms with van der Waals surface area (Å²) in [6.45, 7) is 2.24. The van der Waals surface area contributed by atoms with E-state index in [1.165, 1.54) is 71.3 Å². The van der Waals surface area contributed by atoms with Crippen LogP contribution >= 0.6 is 11.8 Å². The third kappa shape index (κ3) is 28.8. The molecule has 3 aliphatic heterocycles. The molecule has 14 atom stereocenters. The van der Waals surface area contributed by atoms with Crippen LogP contribution in [-0.2, 0) is 123 Å². The van der Waals surface area contributed by atoms with Crippen molar-refractivity contribution in [2.24, 2.45) is 11.7 Å². The van der Waals surface area contributed by atoms with Crippen LogP contribution in [0.25, 0.3) is 10.9 Å². The van der Waals surface area contributed by atoms with Gasteiger partial charge < -0.3 is 108 Å². The zero-order valence-corrected chi connectivity index (χ0v) is 76.0. The average molecular weight is 1890 g/mol. The number of hydrogen-bond acceptors (Lipinski definition) is 22. The van der Waals surface area contributed by atoms with Gasteiger partial charge in [0.2, 0.25) is 88.6 Å². The Morgan fingerprint density at radius 2 is 1.14 bits per heavy atom. The second kappa shape index (κ2) is 49.8. The van der Waals surface area contributed by atoms with Crippen molar-refractivity contribution in [3.05, 3.63) is 173 Å². The number of nitrogens with two attached hydrogens (primary N) is 1. The molecule has 3 aliphatic rings. The van der Waals surface area contributed by atoms with Gasteiger partial charge in [0.1, 0.15) is 90.9 Å². The summed E-state index contributed by atoms with van der Waals surface area (Å²) in [6.07, 6.45) is -3.57. The number of halogens is 3. The number of primary amides is 1. The minimum absolute atomic E-state index is 0.0134. The minimum Gasteiger partial charge on any atom is -0.508 e. The van der Waals surface area contributed by atoms with Gasteiger partial charge in [0.25, 0.3) is 6.47 Å². The molecule has 6 aromatic rings. The van der Waals surface area contributed by atoms with Crippen LogP contribution < -0.4 is 53.6 Å². The maximum atomic E-state index is 15.7. The number of aliphatic hydroxyl groups is 1. The molecule has 1 aromatic heterocycles. The summed E-state index contributed by atoms with van der Waals surface area (Å²) in [6, 6.07) is 7.94. The molecule has 3 saturated heterocycles. The predicted octanol–water partition coefficient (Wildman–Crippen LogP) is 0.385. The SMILES string of the molecule is CCCC[C@H]1C(=O)N2CCC[C@@H]2C(=O)N[C@@H](COC=O)C(=O)N[C@@H](C(C)C)C(=O)N(C)[C@@H](Cc2ccccc2)C(=O)N[C@@H](CCC(=O)O)C(=O)N2C[C@H](O)C[C@@H]2C(=O)N[C@@H](Cc2c[nH]c3ccccc23)C(=O)N[C@@H](Cc2ccc(O)cc2)C(=O)N[C@@H](CCOC)C(=O)N[C@H](C(=O)NCC(N)=O)CSCC(=O)N[C@@H](Cc2cc(F)c(F)c(F)c2)C(=O)N(C)[C@@H](Cc2ccccc2)C(=O)N1C. The molecule has 0 saturated carbocycles. The molecular formula is C92H115F3N16O22S. The Morgan fingerprint density at radius 3 is 1.77 bits per heavy atom. The molecule has 42 heteroatoms. The van der Waals surface area contributed by atoms with Gasteiger partial charge in [-0.05, 0) is 96.2 Å². The number of aliphatic carboxylic acids is 1. The fraction of sp³-hybridized carbons (Fsp3) is 0.467. The Kier molecular flexibility index (Phi) is 38.7. The standard InChI is InChI=1S/C92H115F3N16O22S/c1-8-9-25-71-91(130)110-34-18-26-70(110)85(124)104-68(47-133-50-112)84(123)106-79(51(2)3)92(131)108(5)72(40-52-19-12-10-13-20-52)86(125)101-64(31-32-77(117)118)89(128)111-46-58(114)43-73(111)87(126)103-66(42-56-44-97-62-24-17-16-23-59(56)62)83(122)102-65(38-54-27-29-57(113)30-28-54)82(121)100-63(33-35-132-7)81(120)105-69(80(119)98-45-75(96)115)48-134-49-76(116)99-67(39-55-36-60(93)78(95)61(94)37-55)88(127)109(6)74(90(129)107(71)4)41-53-21-14-11-15-22-53/h10-17,19-24,27-30,36-37,44,50-51,58,63-74,79,97,113-114H,8-9,18,25-26,31-35,38-43,45-49H2,1-7H3,(H2,96,115)(H,98,119)(H,99,116)(H,100,121)(H,101,125)(H,102,122)(H,103,126)(H,104,124)(H,105,120)(H,106,123)(H,117,118)/t58-,63+,64+,65+,66+,67+,68+,69+,70-,71+,72+,73-,74+,79+/m1/s1. The molecule has 0 radical (unpaired) electrons. The molecule has 3 fully saturated rings. The number of carbonyl (C=O) groups excluding carboxylic acids is 16. The molecule has 15 N–H and O–H groups in total. The topological polar surface area (TPSA) is 536 Å². The number of aromatic nitrogens is 1. The Hall–Kier alpha value is -13.5. The maximum Gasteiger partial charge on any atom is 0.303 e. The number of phenolic OH excluding ortho intramolecular Hbond substituents is 1. The number of benzene rings is 5. The highest BCUT2D eigenvalue weighted by Gasteiger charge is 2.47. The first-order valence-corrected chi connectivity index (χ1v) is 45.0. The fourth-order valence-corrected chi connectivity index (χ4v) is 17.1. The molecule has 722 valence electrons. The van der Waals surface area contributed by atoms with Crippen LogP contribution in [0.1, 0.15) is 106 Å². The van der Waals surface area contributed by atoms with E-state index < -0.39 is 266 Å². The van der Waals surface area contributed by atoms with Gasteiger partial charge in [0.15, 0.2) is 17.5 Å². The summed E-state index contributed by atoms with van der Waals surface area (Å²) >= 11 is 0.641. The zero-order chi connectivity index (χ0) is 97.7. The van der Waals surface area contributed by atoms with Crippen LogP contribution in [0.5, 0.6) is 5.75 Å². The minimum atomic E-state index is -1.88. The number of unbranched alkanes of at least 4 members (excludes halogenated alkanes) is 1. The zero-order valence-electron chi connectivity index (χ0n) is 75.2. The van der Waals surface area contributed by atoms with E-state index in [0.717, 1.165) is 19.6 Å². The van der Waals surface area contributed by atoms with Crippen LogP contribution in [0.3, 0.4) is 0 Å². The second-order valence-electron chi connectivity index (χ2n) is 33.6. The Bertz CT molecular complexity index is 5180. The number of aromatic hydroxyl groups is 1. The Balaban J connectivity index is 1.14. The number of para-hydroxylation sites is 1. The number of fused-ring (bicyclic) bond motifs is 3. The average Bonchev–Trinajstić information content (AvgIpc) is 1.57. The quantitative estimate of drug-likeness (QED) is 0.0258. The molecular weight excluding hydrogens is 1770 g/mol. The number of phenols is 1. The third-order valence-electron chi connectivity index (χ3n) is 23.5. The fourth-order valence-electron chi connectivity index (χ4n) is 16.2. The van der Waals surface area contributed by atoms with E-state index in [1.54, 1.807) is 98.0 Å². The number of aliphatic hydroxyl groups excluding tert-OH is 1. The van der Waals surface area contributed by atoms with Gasteiger partial charge in [-0.25, -0.2) is 13.2 Å². The highest BCUT2D eigenvalue weighted by atomic mass is 32.2. The molecule has 9 rings (SSSR count). The first kappa shape index (κ1) is 104. The molecule has 0 bridgehead atoms. The van der Waals surface area contributed by atoms with Crippen LogP contribution in [0.2, 0.25) is 0 Å². The number of aromatic amines is 1. The van der Waals surface area contributed by atoms with E-state index in [4.69, 9.17) is 15.2 Å². The summed E-state index contributed by atoms with van der Waals surface area (Å²) in [7, 11) is 4.96.